The van der Waals surface area contributed by atoms with E-state index < -0.39 is 0 Å². The Morgan fingerprint density at radius 3 is 2.85 bits per heavy atom. The van der Waals surface area contributed by atoms with Gasteiger partial charge in [0.05, 0.1) is 12.6 Å². The molecule has 0 fully saturated rings. The molecular formula is C15H17ClN2O2. The number of methoxy groups -OCH3 is 1. The van der Waals surface area contributed by atoms with Gasteiger partial charge in [-0.05, 0) is 18.4 Å². The van der Waals surface area contributed by atoms with Gasteiger partial charge in [-0.2, -0.15) is 0 Å². The van der Waals surface area contributed by atoms with Crippen molar-refractivity contribution in [2.75, 3.05) is 20.8 Å². The Morgan fingerprint density at radius 2 is 2.15 bits per heavy atom. The van der Waals surface area contributed by atoms with Crippen molar-refractivity contribution >= 4 is 28.3 Å². The second-order valence-corrected chi connectivity index (χ2v) is 5.10. The molecule has 0 spiro atoms. The number of fused-ring (bicyclic) bond motifs is 1. The van der Waals surface area contributed by atoms with E-state index in [4.69, 9.17) is 16.3 Å². The molecule has 1 aromatic heterocycles. The molecule has 0 N–H and O–H groups in total. The number of aromatic nitrogens is 1. The maximum Gasteiger partial charge on any atom is 0.272 e. The first-order valence-corrected chi connectivity index (χ1v) is 6.73. The summed E-state index contributed by atoms with van der Waals surface area (Å²) in [6.07, 6.45) is 0. The van der Waals surface area contributed by atoms with Gasteiger partial charge in [-0.25, -0.2) is 4.98 Å². The number of benzene rings is 1. The Labute approximate surface area is 123 Å². The number of ether oxygens (including phenoxy) is 1. The normalized spacial score (nSPS) is 12.4. The first kappa shape index (κ1) is 14.8. The molecule has 0 aliphatic carbocycles. The molecule has 1 heterocycles. The Hall–Kier alpha value is -1.65. The largest absolute Gasteiger partial charge is 0.383 e. The lowest BCUT2D eigenvalue weighted by molar-refractivity contribution is 0.0628. The van der Waals surface area contributed by atoms with Crippen LogP contribution in [0.5, 0.6) is 0 Å². The lowest BCUT2D eigenvalue weighted by Crippen LogP contribution is -2.38. The van der Waals surface area contributed by atoms with Crippen LogP contribution in [0.3, 0.4) is 0 Å². The second-order valence-electron chi connectivity index (χ2n) is 4.74. The van der Waals surface area contributed by atoms with Gasteiger partial charge >= 0.3 is 0 Å². The van der Waals surface area contributed by atoms with E-state index in [2.05, 4.69) is 4.98 Å². The molecule has 0 saturated carbocycles. The Balaban J connectivity index is 2.35. The number of rotatable bonds is 4. The van der Waals surface area contributed by atoms with Gasteiger partial charge in [0, 0.05) is 19.5 Å². The first-order valence-electron chi connectivity index (χ1n) is 6.36. The van der Waals surface area contributed by atoms with Crippen LogP contribution in [0, 0.1) is 0 Å². The Morgan fingerprint density at radius 1 is 1.45 bits per heavy atom. The molecule has 2 aromatic rings. The summed E-state index contributed by atoms with van der Waals surface area (Å²) in [4.78, 5) is 18.2. The zero-order chi connectivity index (χ0) is 14.7. The maximum atomic E-state index is 12.4. The van der Waals surface area contributed by atoms with Crippen LogP contribution in [0.2, 0.25) is 5.15 Å². The number of hydrogen-bond donors (Lipinski definition) is 0. The van der Waals surface area contributed by atoms with Crippen molar-refractivity contribution in [2.24, 2.45) is 0 Å². The maximum absolute atomic E-state index is 12.4. The minimum Gasteiger partial charge on any atom is -0.383 e. The average Bonchev–Trinajstić information content (AvgIpc) is 2.46. The molecule has 0 saturated heterocycles. The van der Waals surface area contributed by atoms with Crippen molar-refractivity contribution in [3.63, 3.8) is 0 Å². The average molecular weight is 293 g/mol. The molecule has 0 bridgehead atoms. The predicted molar refractivity (Wildman–Crippen MR) is 80.2 cm³/mol. The van der Waals surface area contributed by atoms with Crippen molar-refractivity contribution in [3.05, 3.63) is 41.2 Å². The van der Waals surface area contributed by atoms with Crippen LogP contribution in [-0.4, -0.2) is 42.6 Å². The highest BCUT2D eigenvalue weighted by atomic mass is 35.5. The van der Waals surface area contributed by atoms with E-state index in [1.807, 2.05) is 31.2 Å². The zero-order valence-corrected chi connectivity index (χ0v) is 12.5. The molecule has 5 heteroatoms. The minimum absolute atomic E-state index is 0.0282. The third-order valence-electron chi connectivity index (χ3n) is 3.30. The van der Waals surface area contributed by atoms with Crippen LogP contribution in [0.1, 0.15) is 17.4 Å². The van der Waals surface area contributed by atoms with Crippen LogP contribution < -0.4 is 0 Å². The smallest absolute Gasteiger partial charge is 0.272 e. The second kappa shape index (κ2) is 6.20. The van der Waals surface area contributed by atoms with Crippen LogP contribution in [0.4, 0.5) is 0 Å². The fourth-order valence-electron chi connectivity index (χ4n) is 2.00. The van der Waals surface area contributed by atoms with Gasteiger partial charge in [-0.3, -0.25) is 4.79 Å². The van der Waals surface area contributed by atoms with Crippen LogP contribution in [-0.2, 0) is 4.74 Å². The van der Waals surface area contributed by atoms with Crippen LogP contribution in [0.15, 0.2) is 30.3 Å². The monoisotopic (exact) mass is 292 g/mol. The molecule has 20 heavy (non-hydrogen) atoms. The summed E-state index contributed by atoms with van der Waals surface area (Å²) < 4.78 is 5.06. The third kappa shape index (κ3) is 2.92. The summed E-state index contributed by atoms with van der Waals surface area (Å²) in [5, 5.41) is 2.10. The Kier molecular flexibility index (Phi) is 4.57. The number of carbonyl (C=O) groups is 1. The minimum atomic E-state index is -0.165. The van der Waals surface area contributed by atoms with E-state index in [0.717, 1.165) is 10.8 Å². The molecular weight excluding hydrogens is 276 g/mol. The van der Waals surface area contributed by atoms with Crippen molar-refractivity contribution in [1.29, 1.82) is 0 Å². The summed E-state index contributed by atoms with van der Waals surface area (Å²) in [6.45, 7) is 2.40. The number of carbonyl (C=O) groups excluding carboxylic acids is 1. The van der Waals surface area contributed by atoms with Crippen molar-refractivity contribution in [2.45, 2.75) is 13.0 Å². The zero-order valence-electron chi connectivity index (χ0n) is 11.8. The van der Waals surface area contributed by atoms with E-state index in [0.29, 0.717) is 17.5 Å². The number of nitrogens with zero attached hydrogens (tertiary/aromatic N) is 2. The first-order chi connectivity index (χ1) is 9.54. The highest BCUT2D eigenvalue weighted by molar-refractivity contribution is 6.34. The van der Waals surface area contributed by atoms with E-state index in [9.17, 15) is 4.79 Å². The standard InChI is InChI=1S/C15H17ClN2O2/c1-10(9-20-3)18(2)15(19)13-8-11-6-4-5-7-12(11)14(16)17-13/h4-8,10H,9H2,1-3H3. The molecule has 0 aliphatic heterocycles. The fraction of sp³-hybridized carbons (Fsp3) is 0.333. The quantitative estimate of drug-likeness (QED) is 0.814. The van der Waals surface area contributed by atoms with Gasteiger partial charge in [-0.15, -0.1) is 0 Å². The van der Waals surface area contributed by atoms with Crippen LogP contribution in [0.25, 0.3) is 10.8 Å². The van der Waals surface area contributed by atoms with Gasteiger partial charge in [0.15, 0.2) is 0 Å². The number of amides is 1. The van der Waals surface area contributed by atoms with Crippen molar-refractivity contribution in [3.8, 4) is 0 Å². The number of likely N-dealkylation sites (N-methyl/N-ethyl adjacent to an activating group) is 1. The van der Waals surface area contributed by atoms with Crippen molar-refractivity contribution in [1.82, 2.24) is 9.88 Å². The molecule has 4 nitrogen and oxygen atoms in total. The summed E-state index contributed by atoms with van der Waals surface area (Å²) in [7, 11) is 3.34. The molecule has 1 atom stereocenters. The lowest BCUT2D eigenvalue weighted by atomic mass is 10.1. The molecule has 106 valence electrons. The van der Waals surface area contributed by atoms with E-state index in [-0.39, 0.29) is 11.9 Å². The summed E-state index contributed by atoms with van der Waals surface area (Å²) >= 11 is 6.15. The number of pyridine rings is 1. The highest BCUT2D eigenvalue weighted by Gasteiger charge is 2.19. The molecule has 1 aromatic carbocycles. The van der Waals surface area contributed by atoms with Crippen molar-refractivity contribution < 1.29 is 9.53 Å². The topological polar surface area (TPSA) is 42.4 Å². The highest BCUT2D eigenvalue weighted by Crippen LogP contribution is 2.23. The van der Waals surface area contributed by atoms with Gasteiger partial charge in [-0.1, -0.05) is 35.9 Å². The van der Waals surface area contributed by atoms with E-state index in [1.165, 1.54) is 0 Å². The lowest BCUT2D eigenvalue weighted by Gasteiger charge is -2.24. The van der Waals surface area contributed by atoms with E-state index >= 15 is 0 Å². The summed E-state index contributed by atoms with van der Waals surface area (Å²) in [5.41, 5.74) is 0.346. The predicted octanol–water partition coefficient (Wildman–Crippen LogP) is 3.00. The molecule has 1 amide bonds. The van der Waals surface area contributed by atoms with Gasteiger partial charge in [0.2, 0.25) is 0 Å². The van der Waals surface area contributed by atoms with Crippen LogP contribution >= 0.6 is 11.6 Å². The van der Waals surface area contributed by atoms with Gasteiger partial charge < -0.3 is 9.64 Å². The summed E-state index contributed by atoms with van der Waals surface area (Å²) in [6, 6.07) is 9.34. The number of halogens is 1. The molecule has 0 radical (unpaired) electrons. The van der Waals surface area contributed by atoms with Gasteiger partial charge in [0.1, 0.15) is 10.8 Å². The molecule has 2 rings (SSSR count). The molecule has 0 aliphatic rings. The third-order valence-corrected chi connectivity index (χ3v) is 3.59. The van der Waals surface area contributed by atoms with Gasteiger partial charge in [0.25, 0.3) is 5.91 Å². The number of hydrogen-bond acceptors (Lipinski definition) is 3. The SMILES string of the molecule is COCC(C)N(C)C(=O)c1cc2ccccc2c(Cl)n1. The molecule has 1 unspecified atom stereocenters. The fourth-order valence-corrected chi connectivity index (χ4v) is 2.26. The summed E-state index contributed by atoms with van der Waals surface area (Å²) in [5.74, 6) is -0.165. The van der Waals surface area contributed by atoms with E-state index in [1.54, 1.807) is 25.1 Å². The Bertz CT molecular complexity index is 630.